The minimum atomic E-state index is -0.624. The highest BCUT2D eigenvalue weighted by Crippen LogP contribution is 2.34. The molecular formula is C23H26N6O4S. The van der Waals surface area contributed by atoms with Crippen LogP contribution in [0, 0.1) is 6.92 Å². The quantitative estimate of drug-likeness (QED) is 0.383. The lowest BCUT2D eigenvalue weighted by Gasteiger charge is -2.36. The highest BCUT2D eigenvalue weighted by Gasteiger charge is 2.37. The van der Waals surface area contributed by atoms with Crippen LogP contribution in [0.3, 0.4) is 0 Å². The highest BCUT2D eigenvalue weighted by molar-refractivity contribution is 7.99. The third-order valence-electron chi connectivity index (χ3n) is 5.45. The molecule has 1 aliphatic rings. The average molecular weight is 483 g/mol. The van der Waals surface area contributed by atoms with E-state index in [2.05, 4.69) is 20.6 Å². The van der Waals surface area contributed by atoms with Crippen molar-refractivity contribution in [1.82, 2.24) is 30.2 Å². The van der Waals surface area contributed by atoms with Gasteiger partial charge in [0.05, 0.1) is 18.2 Å². The molecule has 4 rings (SSSR count). The second-order valence-corrected chi connectivity index (χ2v) is 8.50. The molecular weight excluding hydrogens is 456 g/mol. The number of carbonyl (C=O) groups excluding carboxylic acids is 2. The molecule has 178 valence electrons. The van der Waals surface area contributed by atoms with Crippen LogP contribution in [0.4, 0.5) is 4.79 Å². The van der Waals surface area contributed by atoms with E-state index in [1.165, 1.54) is 16.7 Å². The number of nitrogens with one attached hydrogen (secondary N) is 1. The van der Waals surface area contributed by atoms with Crippen molar-refractivity contribution in [2.45, 2.75) is 32.0 Å². The Morgan fingerprint density at radius 2 is 2.00 bits per heavy atom. The first-order valence-electron chi connectivity index (χ1n) is 10.9. The topological polar surface area (TPSA) is 115 Å². The number of benzene rings is 1. The molecule has 0 spiro atoms. The third kappa shape index (κ3) is 4.69. The number of hydrogen-bond acceptors (Lipinski definition) is 8. The van der Waals surface area contributed by atoms with Crippen LogP contribution in [0.25, 0.3) is 11.6 Å². The van der Waals surface area contributed by atoms with E-state index in [4.69, 9.17) is 9.15 Å². The molecule has 0 bridgehead atoms. The van der Waals surface area contributed by atoms with E-state index >= 15 is 0 Å². The van der Waals surface area contributed by atoms with Crippen molar-refractivity contribution in [2.24, 2.45) is 7.05 Å². The normalized spacial score (nSPS) is 16.1. The number of thioether (sulfide) groups is 1. The molecule has 1 unspecified atom stereocenters. The first-order valence-corrected chi connectivity index (χ1v) is 11.9. The zero-order chi connectivity index (χ0) is 24.2. The molecule has 0 saturated heterocycles. The fraction of sp³-hybridized carbons (Fsp3) is 0.348. The summed E-state index contributed by atoms with van der Waals surface area (Å²) in [4.78, 5) is 27.5. The van der Waals surface area contributed by atoms with E-state index < -0.39 is 12.0 Å². The van der Waals surface area contributed by atoms with Crippen molar-refractivity contribution in [3.8, 4) is 11.6 Å². The Kier molecular flexibility index (Phi) is 7.01. The Hall–Kier alpha value is -3.60. The molecule has 1 N–H and O–H groups in total. The summed E-state index contributed by atoms with van der Waals surface area (Å²) in [5.74, 6) is 0.101. The van der Waals surface area contributed by atoms with Crippen molar-refractivity contribution >= 4 is 23.8 Å². The van der Waals surface area contributed by atoms with Gasteiger partial charge in [-0.3, -0.25) is 9.58 Å². The number of urea groups is 1. The smallest absolute Gasteiger partial charge is 0.338 e. The molecule has 3 aromatic rings. The van der Waals surface area contributed by atoms with Gasteiger partial charge in [0.25, 0.3) is 11.1 Å². The van der Waals surface area contributed by atoms with Crippen LogP contribution in [-0.4, -0.2) is 55.8 Å². The van der Waals surface area contributed by atoms with Crippen molar-refractivity contribution in [3.63, 3.8) is 0 Å². The monoisotopic (exact) mass is 482 g/mol. The van der Waals surface area contributed by atoms with Crippen molar-refractivity contribution in [3.05, 3.63) is 58.9 Å². The molecule has 1 aromatic carbocycles. The first-order chi connectivity index (χ1) is 16.4. The first kappa shape index (κ1) is 23.6. The number of aromatic nitrogens is 4. The SMILES string of the molecule is CCOC(=O)C1=C(CSc2nnc(-c3cc(C)n(C)n3)o2)N(CC)C(=O)NC1c1ccccc1. The van der Waals surface area contributed by atoms with Gasteiger partial charge >= 0.3 is 12.0 Å². The fourth-order valence-electron chi connectivity index (χ4n) is 3.71. The van der Waals surface area contributed by atoms with Crippen LogP contribution in [0.5, 0.6) is 0 Å². The van der Waals surface area contributed by atoms with Crippen LogP contribution >= 0.6 is 11.8 Å². The maximum absolute atomic E-state index is 13.1. The van der Waals surface area contributed by atoms with Crippen molar-refractivity contribution in [1.29, 1.82) is 0 Å². The maximum Gasteiger partial charge on any atom is 0.338 e. The Labute approximate surface area is 201 Å². The minimum absolute atomic E-state index is 0.223. The Morgan fingerprint density at radius 1 is 1.24 bits per heavy atom. The third-order valence-corrected chi connectivity index (χ3v) is 6.28. The number of rotatable bonds is 8. The van der Waals surface area contributed by atoms with Crippen LogP contribution in [0.15, 0.2) is 57.3 Å². The highest BCUT2D eigenvalue weighted by atomic mass is 32.2. The summed E-state index contributed by atoms with van der Waals surface area (Å²) in [7, 11) is 1.84. The Morgan fingerprint density at radius 3 is 2.65 bits per heavy atom. The van der Waals surface area contributed by atoms with Crippen molar-refractivity contribution in [2.75, 3.05) is 18.9 Å². The van der Waals surface area contributed by atoms with E-state index in [0.717, 1.165) is 11.3 Å². The lowest BCUT2D eigenvalue weighted by molar-refractivity contribution is -0.139. The Bertz CT molecular complexity index is 1200. The predicted molar refractivity (Wildman–Crippen MR) is 126 cm³/mol. The van der Waals surface area contributed by atoms with E-state index in [-0.39, 0.29) is 18.4 Å². The molecule has 0 radical (unpaired) electrons. The zero-order valence-electron chi connectivity index (χ0n) is 19.4. The molecule has 34 heavy (non-hydrogen) atoms. The summed E-state index contributed by atoms with van der Waals surface area (Å²) < 4.78 is 12.9. The molecule has 11 heteroatoms. The Balaban J connectivity index is 1.67. The van der Waals surface area contributed by atoms with Gasteiger partial charge in [0.15, 0.2) is 0 Å². The molecule has 2 aromatic heterocycles. The number of ether oxygens (including phenoxy) is 1. The summed E-state index contributed by atoms with van der Waals surface area (Å²) in [6.45, 7) is 6.14. The van der Waals surface area contributed by atoms with Gasteiger partial charge in [0, 0.05) is 30.7 Å². The average Bonchev–Trinajstić information content (AvgIpc) is 3.44. The second kappa shape index (κ2) is 10.1. The number of aryl methyl sites for hydroxylation is 2. The van der Waals surface area contributed by atoms with Gasteiger partial charge < -0.3 is 14.5 Å². The number of esters is 1. The number of carbonyl (C=O) groups is 2. The molecule has 3 heterocycles. The van der Waals surface area contributed by atoms with Gasteiger partial charge in [-0.15, -0.1) is 10.2 Å². The second-order valence-electron chi connectivity index (χ2n) is 7.57. The van der Waals surface area contributed by atoms with E-state index in [1.807, 2.05) is 57.3 Å². The molecule has 1 aliphatic heterocycles. The maximum atomic E-state index is 13.1. The predicted octanol–water partition coefficient (Wildman–Crippen LogP) is 3.47. The molecule has 2 amide bonds. The number of hydrogen-bond donors (Lipinski definition) is 1. The van der Waals surface area contributed by atoms with Crippen LogP contribution < -0.4 is 5.32 Å². The van der Waals surface area contributed by atoms with Gasteiger partial charge in [0.1, 0.15) is 5.69 Å². The van der Waals surface area contributed by atoms with Gasteiger partial charge in [-0.25, -0.2) is 9.59 Å². The molecule has 0 aliphatic carbocycles. The summed E-state index contributed by atoms with van der Waals surface area (Å²) >= 11 is 1.25. The zero-order valence-corrected chi connectivity index (χ0v) is 20.3. The van der Waals surface area contributed by atoms with Crippen LogP contribution in [0.1, 0.15) is 31.1 Å². The van der Waals surface area contributed by atoms with Gasteiger partial charge in [-0.1, -0.05) is 42.1 Å². The fourth-order valence-corrected chi connectivity index (χ4v) is 4.51. The van der Waals surface area contributed by atoms with Gasteiger partial charge in [-0.05, 0) is 32.4 Å². The van der Waals surface area contributed by atoms with E-state index in [1.54, 1.807) is 11.6 Å². The molecule has 10 nitrogen and oxygen atoms in total. The lowest BCUT2D eigenvalue weighted by Crippen LogP contribution is -2.49. The summed E-state index contributed by atoms with van der Waals surface area (Å²) in [5, 5.41) is 15.8. The number of amides is 2. The number of nitrogens with zero attached hydrogens (tertiary/aromatic N) is 5. The molecule has 1 atom stereocenters. The van der Waals surface area contributed by atoms with E-state index in [0.29, 0.717) is 34.6 Å². The molecule has 0 saturated carbocycles. The van der Waals surface area contributed by atoms with Crippen molar-refractivity contribution < 1.29 is 18.7 Å². The standard InChI is InChI=1S/C23H26N6O4S/c1-5-29-17(13-34-23-26-25-20(33-23)16-12-14(3)28(4)27-16)18(21(30)32-6-2)19(24-22(29)31)15-10-8-7-9-11-15/h7-12,19H,5-6,13H2,1-4H3,(H,24,31). The largest absolute Gasteiger partial charge is 0.463 e. The van der Waals surface area contributed by atoms with Gasteiger partial charge in [-0.2, -0.15) is 5.10 Å². The summed E-state index contributed by atoms with van der Waals surface area (Å²) in [5.41, 5.74) is 3.29. The lowest BCUT2D eigenvalue weighted by atomic mass is 9.95. The van der Waals surface area contributed by atoms with Crippen LogP contribution in [-0.2, 0) is 16.6 Å². The summed E-state index contributed by atoms with van der Waals surface area (Å²) in [6.07, 6.45) is 0. The molecule has 0 fully saturated rings. The minimum Gasteiger partial charge on any atom is -0.463 e. The summed E-state index contributed by atoms with van der Waals surface area (Å²) in [6, 6.07) is 10.3. The van der Waals surface area contributed by atoms with Crippen LogP contribution in [0.2, 0.25) is 0 Å². The van der Waals surface area contributed by atoms with Gasteiger partial charge in [0.2, 0.25) is 0 Å². The van der Waals surface area contributed by atoms with E-state index in [9.17, 15) is 9.59 Å².